The van der Waals surface area contributed by atoms with Crippen LogP contribution in [-0.2, 0) is 16.1 Å². The third kappa shape index (κ3) is 4.05. The molecular formula is C11H14BrN3O5. The minimum absolute atomic E-state index is 0.101. The third-order valence-corrected chi connectivity index (χ3v) is 3.10. The molecule has 1 heterocycles. The number of aromatic amines is 1. The van der Waals surface area contributed by atoms with Crippen molar-refractivity contribution in [3.05, 3.63) is 31.5 Å². The van der Waals surface area contributed by atoms with Gasteiger partial charge in [-0.2, -0.15) is 0 Å². The largest absolute Gasteiger partial charge is 0.480 e. The summed E-state index contributed by atoms with van der Waals surface area (Å²) in [6.07, 6.45) is 1.17. The van der Waals surface area contributed by atoms with Crippen molar-refractivity contribution in [1.29, 1.82) is 0 Å². The van der Waals surface area contributed by atoms with E-state index in [1.807, 2.05) is 4.98 Å². The summed E-state index contributed by atoms with van der Waals surface area (Å²) in [4.78, 5) is 47.3. The average molecular weight is 348 g/mol. The standard InChI is InChI=1S/C11H14BrN3O5/c1-5(2)8(10(18)19)13-7(16)4-15-3-6(12)9(17)14-11(15)20/h3,5,8H,4H2,1-2H3,(H,13,16)(H,18,19)(H,14,17,20)/t8-/m0/s1. The SMILES string of the molecule is CC(C)[C@H](NC(=O)Cn1cc(Br)c(=O)[nH]c1=O)C(=O)O. The predicted molar refractivity (Wildman–Crippen MR) is 73.4 cm³/mol. The molecule has 0 radical (unpaired) electrons. The van der Waals surface area contributed by atoms with E-state index in [1.54, 1.807) is 13.8 Å². The van der Waals surface area contributed by atoms with E-state index in [9.17, 15) is 19.2 Å². The van der Waals surface area contributed by atoms with E-state index < -0.39 is 29.2 Å². The number of carbonyl (C=O) groups is 2. The zero-order valence-electron chi connectivity index (χ0n) is 10.8. The monoisotopic (exact) mass is 347 g/mol. The van der Waals surface area contributed by atoms with E-state index in [-0.39, 0.29) is 16.9 Å². The highest BCUT2D eigenvalue weighted by Gasteiger charge is 2.23. The molecule has 3 N–H and O–H groups in total. The van der Waals surface area contributed by atoms with Crippen LogP contribution in [0, 0.1) is 5.92 Å². The molecule has 110 valence electrons. The number of hydrogen-bond acceptors (Lipinski definition) is 4. The van der Waals surface area contributed by atoms with Crippen LogP contribution in [0.15, 0.2) is 20.3 Å². The highest BCUT2D eigenvalue weighted by molar-refractivity contribution is 9.10. The lowest BCUT2D eigenvalue weighted by molar-refractivity contribution is -0.143. The number of carboxylic acid groups (broad SMARTS) is 1. The van der Waals surface area contributed by atoms with Gasteiger partial charge >= 0.3 is 11.7 Å². The first-order valence-corrected chi connectivity index (χ1v) is 6.53. The fraction of sp³-hybridized carbons (Fsp3) is 0.455. The number of halogens is 1. The van der Waals surface area contributed by atoms with Crippen LogP contribution < -0.4 is 16.6 Å². The van der Waals surface area contributed by atoms with Crippen molar-refractivity contribution in [3.8, 4) is 0 Å². The molecule has 1 aromatic rings. The lowest BCUT2D eigenvalue weighted by Crippen LogP contribution is -2.46. The van der Waals surface area contributed by atoms with Crippen LogP contribution in [0.25, 0.3) is 0 Å². The van der Waals surface area contributed by atoms with Gasteiger partial charge in [-0.05, 0) is 21.8 Å². The summed E-state index contributed by atoms with van der Waals surface area (Å²) in [7, 11) is 0. The number of amides is 1. The zero-order chi connectivity index (χ0) is 15.4. The first-order chi connectivity index (χ1) is 9.22. The number of carbonyl (C=O) groups excluding carboxylic acids is 1. The van der Waals surface area contributed by atoms with Crippen molar-refractivity contribution in [2.45, 2.75) is 26.4 Å². The van der Waals surface area contributed by atoms with Crippen molar-refractivity contribution in [2.75, 3.05) is 0 Å². The van der Waals surface area contributed by atoms with E-state index in [4.69, 9.17) is 5.11 Å². The van der Waals surface area contributed by atoms with Gasteiger partial charge in [-0.3, -0.25) is 19.1 Å². The van der Waals surface area contributed by atoms with Gasteiger partial charge in [0.2, 0.25) is 5.91 Å². The summed E-state index contributed by atoms with van der Waals surface area (Å²) in [6, 6.07) is -1.04. The smallest absolute Gasteiger partial charge is 0.328 e. The van der Waals surface area contributed by atoms with Crippen LogP contribution in [0.2, 0.25) is 0 Å². The highest BCUT2D eigenvalue weighted by atomic mass is 79.9. The summed E-state index contributed by atoms with van der Waals surface area (Å²) in [5, 5.41) is 11.3. The first-order valence-electron chi connectivity index (χ1n) is 5.73. The molecule has 1 atom stereocenters. The predicted octanol–water partition coefficient (Wildman–Crippen LogP) is -0.476. The van der Waals surface area contributed by atoms with Crippen LogP contribution in [0.1, 0.15) is 13.8 Å². The Kier molecular flexibility index (Phi) is 5.26. The Labute approximate surface area is 121 Å². The van der Waals surface area contributed by atoms with Crippen molar-refractivity contribution in [3.63, 3.8) is 0 Å². The molecule has 0 bridgehead atoms. The Morgan fingerprint density at radius 2 is 2.05 bits per heavy atom. The molecule has 0 fully saturated rings. The van der Waals surface area contributed by atoms with Crippen LogP contribution in [0.3, 0.4) is 0 Å². The third-order valence-electron chi connectivity index (χ3n) is 2.53. The highest BCUT2D eigenvalue weighted by Crippen LogP contribution is 2.02. The van der Waals surface area contributed by atoms with Crippen molar-refractivity contribution >= 4 is 27.8 Å². The van der Waals surface area contributed by atoms with Crippen molar-refractivity contribution in [1.82, 2.24) is 14.9 Å². The molecular weight excluding hydrogens is 334 g/mol. The summed E-state index contributed by atoms with van der Waals surface area (Å²) in [6.45, 7) is 2.92. The van der Waals surface area contributed by atoms with Gasteiger partial charge in [0.25, 0.3) is 5.56 Å². The number of nitrogens with zero attached hydrogens (tertiary/aromatic N) is 1. The minimum atomic E-state index is -1.15. The van der Waals surface area contributed by atoms with E-state index in [0.717, 1.165) is 4.57 Å². The van der Waals surface area contributed by atoms with E-state index in [1.165, 1.54) is 6.20 Å². The Balaban J connectivity index is 2.86. The summed E-state index contributed by atoms with van der Waals surface area (Å²) >= 11 is 2.94. The van der Waals surface area contributed by atoms with Crippen LogP contribution in [-0.4, -0.2) is 32.6 Å². The van der Waals surface area contributed by atoms with Gasteiger partial charge in [-0.1, -0.05) is 13.8 Å². The van der Waals surface area contributed by atoms with Gasteiger partial charge in [0, 0.05) is 6.20 Å². The summed E-state index contributed by atoms with van der Waals surface area (Å²) < 4.78 is 1.07. The van der Waals surface area contributed by atoms with Gasteiger partial charge in [-0.15, -0.1) is 0 Å². The molecule has 8 nitrogen and oxygen atoms in total. The molecule has 0 aliphatic rings. The second-order valence-electron chi connectivity index (χ2n) is 4.49. The quantitative estimate of drug-likeness (QED) is 0.664. The first kappa shape index (κ1) is 16.2. The lowest BCUT2D eigenvalue weighted by atomic mass is 10.1. The molecule has 0 spiro atoms. The number of aromatic nitrogens is 2. The van der Waals surface area contributed by atoms with Gasteiger partial charge in [0.1, 0.15) is 12.6 Å². The fourth-order valence-electron chi connectivity index (χ4n) is 1.49. The Morgan fingerprint density at radius 1 is 1.45 bits per heavy atom. The number of H-pyrrole nitrogens is 1. The maximum absolute atomic E-state index is 11.7. The summed E-state index contributed by atoms with van der Waals surface area (Å²) in [5.41, 5.74) is -1.35. The van der Waals surface area contributed by atoms with E-state index in [2.05, 4.69) is 21.2 Å². The molecule has 1 rings (SSSR count). The normalized spacial score (nSPS) is 12.2. The number of nitrogens with one attached hydrogen (secondary N) is 2. The fourth-order valence-corrected chi connectivity index (χ4v) is 1.83. The average Bonchev–Trinajstić information content (AvgIpc) is 2.32. The van der Waals surface area contributed by atoms with E-state index >= 15 is 0 Å². The van der Waals surface area contributed by atoms with Crippen molar-refractivity contribution < 1.29 is 14.7 Å². The molecule has 0 aromatic carbocycles. The zero-order valence-corrected chi connectivity index (χ0v) is 12.4. The maximum Gasteiger partial charge on any atom is 0.328 e. The molecule has 9 heteroatoms. The second-order valence-corrected chi connectivity index (χ2v) is 5.35. The summed E-state index contributed by atoms with van der Waals surface area (Å²) in [5.74, 6) is -2.08. The minimum Gasteiger partial charge on any atom is -0.480 e. The van der Waals surface area contributed by atoms with Crippen LogP contribution >= 0.6 is 15.9 Å². The van der Waals surface area contributed by atoms with E-state index in [0.29, 0.717) is 0 Å². The maximum atomic E-state index is 11.7. The van der Waals surface area contributed by atoms with Gasteiger partial charge < -0.3 is 10.4 Å². The lowest BCUT2D eigenvalue weighted by Gasteiger charge is -2.18. The molecule has 0 aliphatic carbocycles. The molecule has 0 aliphatic heterocycles. The molecule has 0 saturated carbocycles. The topological polar surface area (TPSA) is 121 Å². The Morgan fingerprint density at radius 3 is 2.55 bits per heavy atom. The van der Waals surface area contributed by atoms with Gasteiger partial charge in [0.15, 0.2) is 0 Å². The molecule has 20 heavy (non-hydrogen) atoms. The molecule has 0 unspecified atom stereocenters. The second kappa shape index (κ2) is 6.51. The molecule has 1 amide bonds. The van der Waals surface area contributed by atoms with Gasteiger partial charge in [-0.25, -0.2) is 9.59 Å². The number of hydrogen-bond donors (Lipinski definition) is 3. The van der Waals surface area contributed by atoms with Crippen LogP contribution in [0.5, 0.6) is 0 Å². The van der Waals surface area contributed by atoms with Crippen molar-refractivity contribution in [2.24, 2.45) is 5.92 Å². The van der Waals surface area contributed by atoms with Gasteiger partial charge in [0.05, 0.1) is 4.47 Å². The Bertz CT molecular complexity index is 634. The molecule has 0 saturated heterocycles. The molecule has 1 aromatic heterocycles. The number of aliphatic carboxylic acids is 1. The number of carboxylic acids is 1. The Hall–Kier alpha value is -1.90. The number of rotatable bonds is 5. The van der Waals surface area contributed by atoms with Crippen LogP contribution in [0.4, 0.5) is 0 Å².